The molecule has 1 fully saturated rings. The molecular weight excluding hydrogens is 412 g/mol. The van der Waals surface area contributed by atoms with Crippen molar-refractivity contribution >= 4 is 34.8 Å². The predicted octanol–water partition coefficient (Wildman–Crippen LogP) is 3.37. The van der Waals surface area contributed by atoms with E-state index in [2.05, 4.69) is 30.1 Å². The first-order chi connectivity index (χ1) is 15.0. The summed E-state index contributed by atoms with van der Waals surface area (Å²) in [5.74, 6) is 1.07. The molecule has 0 saturated carbocycles. The zero-order valence-electron chi connectivity index (χ0n) is 17.9. The van der Waals surface area contributed by atoms with Crippen molar-refractivity contribution in [2.24, 2.45) is 10.9 Å². The molecule has 1 unspecified atom stereocenters. The standard InChI is InChI=1S/C23H27ClN6O/c1-15(2)19-14-30-22(27-19)21-20(11-18(12-26-21)28-9-7-25-8-10-28)29(23(30)31)13-16-3-5-17(24)6-4-16/h3-6,11-12,15,19,25H,7-10,13-14H2,1-2H3. The topological polar surface area (TPSA) is 64.1 Å². The number of amidine groups is 1. The van der Waals surface area contributed by atoms with Crippen LogP contribution in [0.1, 0.15) is 25.1 Å². The van der Waals surface area contributed by atoms with Crippen molar-refractivity contribution in [2.75, 3.05) is 42.5 Å². The highest BCUT2D eigenvalue weighted by atomic mass is 35.5. The third kappa shape index (κ3) is 3.77. The van der Waals surface area contributed by atoms with Crippen LogP contribution in [0.25, 0.3) is 0 Å². The van der Waals surface area contributed by atoms with E-state index in [0.717, 1.165) is 48.8 Å². The van der Waals surface area contributed by atoms with Crippen molar-refractivity contribution in [2.45, 2.75) is 26.4 Å². The van der Waals surface area contributed by atoms with Gasteiger partial charge in [-0.2, -0.15) is 0 Å². The molecule has 4 heterocycles. The van der Waals surface area contributed by atoms with Crippen LogP contribution >= 0.6 is 11.6 Å². The number of pyridine rings is 1. The van der Waals surface area contributed by atoms with Gasteiger partial charge in [0, 0.05) is 31.2 Å². The number of nitrogens with zero attached hydrogens (tertiary/aromatic N) is 5. The normalized spacial score (nSPS) is 20.8. The summed E-state index contributed by atoms with van der Waals surface area (Å²) in [6, 6.07) is 9.81. The Kier molecular flexibility index (Phi) is 5.32. The first-order valence-corrected chi connectivity index (χ1v) is 11.3. The Morgan fingerprint density at radius 2 is 1.94 bits per heavy atom. The second kappa shape index (κ2) is 8.13. The van der Waals surface area contributed by atoms with Crippen LogP contribution in [0.2, 0.25) is 5.02 Å². The Morgan fingerprint density at radius 3 is 2.65 bits per heavy atom. The minimum atomic E-state index is -0.0383. The lowest BCUT2D eigenvalue weighted by atomic mass is 10.1. The number of piperazine rings is 1. The molecule has 1 aromatic heterocycles. The highest BCUT2D eigenvalue weighted by Crippen LogP contribution is 2.35. The molecule has 8 heteroatoms. The number of hydrogen-bond donors (Lipinski definition) is 1. The second-order valence-corrected chi connectivity index (χ2v) is 9.10. The van der Waals surface area contributed by atoms with Crippen LogP contribution in [-0.2, 0) is 6.54 Å². The average molecular weight is 439 g/mol. The van der Waals surface area contributed by atoms with E-state index in [1.54, 1.807) is 4.90 Å². The number of aromatic nitrogens is 1. The number of carbonyl (C=O) groups is 1. The molecule has 0 bridgehead atoms. The molecule has 3 aliphatic rings. The molecule has 0 spiro atoms. The molecule has 0 radical (unpaired) electrons. The molecule has 1 aromatic carbocycles. The van der Waals surface area contributed by atoms with Crippen LogP contribution in [0.3, 0.4) is 0 Å². The number of benzene rings is 1. The van der Waals surface area contributed by atoms with Crippen LogP contribution in [-0.4, -0.2) is 60.5 Å². The monoisotopic (exact) mass is 438 g/mol. The summed E-state index contributed by atoms with van der Waals surface area (Å²) in [6.07, 6.45) is 1.92. The fourth-order valence-electron chi connectivity index (χ4n) is 4.35. The lowest BCUT2D eigenvalue weighted by Gasteiger charge is -2.36. The smallest absolute Gasteiger partial charge is 0.330 e. The second-order valence-electron chi connectivity index (χ2n) is 8.67. The van der Waals surface area contributed by atoms with Gasteiger partial charge >= 0.3 is 6.03 Å². The van der Waals surface area contributed by atoms with E-state index in [4.69, 9.17) is 21.6 Å². The van der Waals surface area contributed by atoms with Crippen LogP contribution in [0, 0.1) is 5.92 Å². The predicted molar refractivity (Wildman–Crippen MR) is 124 cm³/mol. The van der Waals surface area contributed by atoms with Gasteiger partial charge in [0.2, 0.25) is 0 Å². The van der Waals surface area contributed by atoms with Crippen molar-refractivity contribution in [3.05, 3.63) is 52.8 Å². The molecule has 0 aliphatic carbocycles. The highest BCUT2D eigenvalue weighted by Gasteiger charge is 2.42. The number of anilines is 2. The molecule has 7 nitrogen and oxygen atoms in total. The third-order valence-electron chi connectivity index (χ3n) is 6.24. The highest BCUT2D eigenvalue weighted by molar-refractivity contribution is 6.30. The van der Waals surface area contributed by atoms with E-state index in [1.807, 2.05) is 35.4 Å². The lowest BCUT2D eigenvalue weighted by molar-refractivity contribution is 0.225. The summed E-state index contributed by atoms with van der Waals surface area (Å²) in [5.41, 5.74) is 3.68. The summed E-state index contributed by atoms with van der Waals surface area (Å²) < 4.78 is 0. The SMILES string of the molecule is CC(C)C1CN2C(=O)N(Cc3ccc(Cl)cc3)c3cc(N4CCNCC4)cnc3C2=N1. The maximum Gasteiger partial charge on any atom is 0.330 e. The number of carbonyl (C=O) groups excluding carboxylic acids is 1. The molecular formula is C23H27ClN6O. The number of urea groups is 1. The van der Waals surface area contributed by atoms with Crippen molar-refractivity contribution in [1.82, 2.24) is 15.2 Å². The minimum Gasteiger partial charge on any atom is -0.368 e. The molecule has 3 aliphatic heterocycles. The molecule has 5 rings (SSSR count). The van der Waals surface area contributed by atoms with Gasteiger partial charge < -0.3 is 10.2 Å². The fraction of sp³-hybridized carbons (Fsp3) is 0.435. The number of fused-ring (bicyclic) bond motifs is 3. The zero-order valence-corrected chi connectivity index (χ0v) is 18.6. The zero-order chi connectivity index (χ0) is 21.5. The van der Waals surface area contributed by atoms with Gasteiger partial charge in [-0.25, -0.2) is 9.78 Å². The maximum atomic E-state index is 13.6. The Morgan fingerprint density at radius 1 is 1.19 bits per heavy atom. The Labute approximate surface area is 187 Å². The van der Waals surface area contributed by atoms with Crippen LogP contribution in [0.4, 0.5) is 16.2 Å². The summed E-state index contributed by atoms with van der Waals surface area (Å²) in [6.45, 7) is 9.09. The first kappa shape index (κ1) is 20.3. The van der Waals surface area contributed by atoms with E-state index >= 15 is 0 Å². The van der Waals surface area contributed by atoms with E-state index < -0.39 is 0 Å². The van der Waals surface area contributed by atoms with Gasteiger partial charge in [-0.3, -0.25) is 14.8 Å². The van der Waals surface area contributed by atoms with Crippen molar-refractivity contribution in [3.8, 4) is 0 Å². The van der Waals surface area contributed by atoms with E-state index in [-0.39, 0.29) is 12.1 Å². The van der Waals surface area contributed by atoms with Crippen molar-refractivity contribution in [1.29, 1.82) is 0 Å². The van der Waals surface area contributed by atoms with Gasteiger partial charge in [0.25, 0.3) is 0 Å². The summed E-state index contributed by atoms with van der Waals surface area (Å²) in [5, 5.41) is 4.07. The summed E-state index contributed by atoms with van der Waals surface area (Å²) >= 11 is 6.06. The van der Waals surface area contributed by atoms with E-state index in [9.17, 15) is 4.79 Å². The number of hydrogen-bond acceptors (Lipinski definition) is 5. The maximum absolute atomic E-state index is 13.6. The lowest BCUT2D eigenvalue weighted by Crippen LogP contribution is -2.50. The largest absolute Gasteiger partial charge is 0.368 e. The van der Waals surface area contributed by atoms with Gasteiger partial charge in [-0.1, -0.05) is 37.6 Å². The van der Waals surface area contributed by atoms with Crippen LogP contribution < -0.4 is 15.1 Å². The molecule has 1 atom stereocenters. The number of halogens is 1. The summed E-state index contributed by atoms with van der Waals surface area (Å²) in [7, 11) is 0. The summed E-state index contributed by atoms with van der Waals surface area (Å²) in [4.78, 5) is 29.2. The fourth-order valence-corrected chi connectivity index (χ4v) is 4.48. The van der Waals surface area contributed by atoms with Gasteiger partial charge in [0.05, 0.1) is 36.7 Å². The Bertz CT molecular complexity index is 1020. The molecule has 1 saturated heterocycles. The van der Waals surface area contributed by atoms with Gasteiger partial charge in [0.1, 0.15) is 5.69 Å². The van der Waals surface area contributed by atoms with E-state index in [0.29, 0.717) is 29.9 Å². The molecule has 2 aromatic rings. The molecule has 2 amide bonds. The molecule has 1 N–H and O–H groups in total. The van der Waals surface area contributed by atoms with Gasteiger partial charge in [-0.15, -0.1) is 0 Å². The van der Waals surface area contributed by atoms with E-state index in [1.165, 1.54) is 0 Å². The Hall–Kier alpha value is -2.64. The average Bonchev–Trinajstić information content (AvgIpc) is 3.24. The number of rotatable bonds is 4. The van der Waals surface area contributed by atoms with Crippen LogP contribution in [0.15, 0.2) is 41.5 Å². The number of amides is 2. The minimum absolute atomic E-state index is 0.0383. The molecule has 31 heavy (non-hydrogen) atoms. The number of nitrogens with one attached hydrogen (secondary N) is 1. The number of aliphatic imine (C=N–C) groups is 1. The van der Waals surface area contributed by atoms with Gasteiger partial charge in [0.15, 0.2) is 5.84 Å². The Balaban J connectivity index is 1.56. The van der Waals surface area contributed by atoms with Crippen LogP contribution in [0.5, 0.6) is 0 Å². The third-order valence-corrected chi connectivity index (χ3v) is 6.49. The van der Waals surface area contributed by atoms with Crippen molar-refractivity contribution < 1.29 is 4.79 Å². The molecule has 162 valence electrons. The van der Waals surface area contributed by atoms with Crippen molar-refractivity contribution in [3.63, 3.8) is 0 Å². The quantitative estimate of drug-likeness (QED) is 0.794. The first-order valence-electron chi connectivity index (χ1n) is 10.9. The van der Waals surface area contributed by atoms with Gasteiger partial charge in [-0.05, 0) is 29.7 Å².